The van der Waals surface area contributed by atoms with Gasteiger partial charge in [0, 0.05) is 53.9 Å². The van der Waals surface area contributed by atoms with Gasteiger partial charge < -0.3 is 15.2 Å². The van der Waals surface area contributed by atoms with Gasteiger partial charge in [0.2, 0.25) is 0 Å². The Bertz CT molecular complexity index is 1080. The van der Waals surface area contributed by atoms with Crippen LogP contribution in [-0.4, -0.2) is 44.1 Å². The van der Waals surface area contributed by atoms with Gasteiger partial charge in [-0.1, -0.05) is 6.92 Å². The second-order valence-electron chi connectivity index (χ2n) is 7.71. The van der Waals surface area contributed by atoms with E-state index in [-0.39, 0.29) is 11.6 Å². The molecule has 1 aliphatic rings. The van der Waals surface area contributed by atoms with Crippen molar-refractivity contribution in [3.8, 4) is 11.4 Å². The summed E-state index contributed by atoms with van der Waals surface area (Å²) < 4.78 is 0. The normalized spacial score (nSPS) is 16.5. The fourth-order valence-corrected chi connectivity index (χ4v) is 3.67. The van der Waals surface area contributed by atoms with E-state index in [2.05, 4.69) is 48.1 Å². The third-order valence-corrected chi connectivity index (χ3v) is 5.60. The van der Waals surface area contributed by atoms with E-state index in [1.165, 1.54) is 0 Å². The van der Waals surface area contributed by atoms with Crippen molar-refractivity contribution in [3.63, 3.8) is 0 Å². The Labute approximate surface area is 175 Å². The summed E-state index contributed by atoms with van der Waals surface area (Å²) in [6, 6.07) is 6.23. The Hall–Kier alpha value is -3.29. The quantitative estimate of drug-likeness (QED) is 0.673. The molecule has 0 aromatic carbocycles. The average molecular weight is 406 g/mol. The standard InChI is InChI=1S/C22H27N7O/c1-4-17-10-20(25-13-24-17)29-9-5-6-18(12-29)27-19-8-7-16(11-23-19)21-26-15(3)14(2)22(30)28-21/h7-8,10-11,13,18H,4-6,9,12H2,1-3H3,(H,23,27)(H,26,28,30). The second-order valence-corrected chi connectivity index (χ2v) is 7.71. The van der Waals surface area contributed by atoms with Gasteiger partial charge in [-0.3, -0.25) is 4.79 Å². The molecule has 0 radical (unpaired) electrons. The molecule has 1 unspecified atom stereocenters. The first-order chi connectivity index (χ1) is 14.5. The highest BCUT2D eigenvalue weighted by atomic mass is 16.1. The van der Waals surface area contributed by atoms with E-state index >= 15 is 0 Å². The minimum Gasteiger partial charge on any atom is -0.366 e. The number of hydrogen-bond donors (Lipinski definition) is 2. The predicted molar refractivity (Wildman–Crippen MR) is 118 cm³/mol. The molecule has 0 saturated carbocycles. The summed E-state index contributed by atoms with van der Waals surface area (Å²) in [5.74, 6) is 2.34. The second kappa shape index (κ2) is 8.61. The first kappa shape index (κ1) is 20.0. The van der Waals surface area contributed by atoms with Crippen molar-refractivity contribution in [1.29, 1.82) is 0 Å². The number of piperidine rings is 1. The van der Waals surface area contributed by atoms with Crippen LogP contribution in [-0.2, 0) is 6.42 Å². The van der Waals surface area contributed by atoms with Gasteiger partial charge in [-0.15, -0.1) is 0 Å². The maximum Gasteiger partial charge on any atom is 0.254 e. The summed E-state index contributed by atoms with van der Waals surface area (Å²) in [6.07, 6.45) is 6.47. The Balaban J connectivity index is 1.45. The van der Waals surface area contributed by atoms with Crippen LogP contribution in [0, 0.1) is 13.8 Å². The number of nitrogens with one attached hydrogen (secondary N) is 2. The first-order valence-corrected chi connectivity index (χ1v) is 10.4. The van der Waals surface area contributed by atoms with Crippen molar-refractivity contribution in [1.82, 2.24) is 24.9 Å². The molecule has 0 amide bonds. The molecule has 3 aromatic heterocycles. The summed E-state index contributed by atoms with van der Waals surface area (Å²) in [5.41, 5.74) is 3.11. The van der Waals surface area contributed by atoms with E-state index in [1.54, 1.807) is 19.4 Å². The van der Waals surface area contributed by atoms with E-state index in [1.807, 2.05) is 19.1 Å². The molecule has 2 N–H and O–H groups in total. The molecule has 4 rings (SSSR count). The maximum absolute atomic E-state index is 12.0. The van der Waals surface area contributed by atoms with Crippen LogP contribution in [0.2, 0.25) is 0 Å². The van der Waals surface area contributed by atoms with E-state index in [0.717, 1.165) is 60.9 Å². The lowest BCUT2D eigenvalue weighted by Gasteiger charge is -2.34. The zero-order valence-electron chi connectivity index (χ0n) is 17.6. The lowest BCUT2D eigenvalue weighted by molar-refractivity contribution is 0.525. The Morgan fingerprint density at radius 3 is 2.83 bits per heavy atom. The van der Waals surface area contributed by atoms with Gasteiger partial charge in [0.15, 0.2) is 0 Å². The summed E-state index contributed by atoms with van der Waals surface area (Å²) in [7, 11) is 0. The largest absolute Gasteiger partial charge is 0.366 e. The summed E-state index contributed by atoms with van der Waals surface area (Å²) in [5, 5.41) is 3.53. The number of H-pyrrole nitrogens is 1. The number of hydrogen-bond acceptors (Lipinski definition) is 7. The van der Waals surface area contributed by atoms with Crippen LogP contribution in [0.4, 0.5) is 11.6 Å². The molecule has 0 spiro atoms. The zero-order valence-corrected chi connectivity index (χ0v) is 17.6. The van der Waals surface area contributed by atoms with Crippen LogP contribution in [0.1, 0.15) is 36.7 Å². The van der Waals surface area contributed by atoms with Crippen LogP contribution < -0.4 is 15.8 Å². The minimum atomic E-state index is -0.113. The van der Waals surface area contributed by atoms with Crippen molar-refractivity contribution in [2.24, 2.45) is 0 Å². The number of pyridine rings is 1. The van der Waals surface area contributed by atoms with Crippen LogP contribution in [0.25, 0.3) is 11.4 Å². The maximum atomic E-state index is 12.0. The smallest absolute Gasteiger partial charge is 0.254 e. The number of aryl methyl sites for hydroxylation is 2. The predicted octanol–water partition coefficient (Wildman–Crippen LogP) is 2.88. The average Bonchev–Trinajstić information content (AvgIpc) is 2.78. The molecule has 3 aromatic rings. The highest BCUT2D eigenvalue weighted by Gasteiger charge is 2.21. The lowest BCUT2D eigenvalue weighted by Crippen LogP contribution is -2.42. The van der Waals surface area contributed by atoms with Gasteiger partial charge in [-0.2, -0.15) is 0 Å². The molecule has 0 bridgehead atoms. The van der Waals surface area contributed by atoms with Crippen molar-refractivity contribution in [2.75, 3.05) is 23.3 Å². The Kier molecular flexibility index (Phi) is 5.74. The summed E-state index contributed by atoms with van der Waals surface area (Å²) >= 11 is 0. The van der Waals surface area contributed by atoms with Gasteiger partial charge in [0.05, 0.1) is 0 Å². The molecule has 1 saturated heterocycles. The molecule has 156 valence electrons. The third kappa shape index (κ3) is 4.32. The molecule has 4 heterocycles. The Morgan fingerprint density at radius 1 is 1.23 bits per heavy atom. The summed E-state index contributed by atoms with van der Waals surface area (Å²) in [4.78, 5) is 34.9. The molecular formula is C22H27N7O. The van der Waals surface area contributed by atoms with Crippen molar-refractivity contribution in [3.05, 3.63) is 58.0 Å². The molecule has 8 heteroatoms. The highest BCUT2D eigenvalue weighted by molar-refractivity contribution is 5.56. The fraction of sp³-hybridized carbons (Fsp3) is 0.409. The first-order valence-electron chi connectivity index (χ1n) is 10.4. The van der Waals surface area contributed by atoms with Crippen molar-refractivity contribution >= 4 is 11.6 Å². The van der Waals surface area contributed by atoms with E-state index in [4.69, 9.17) is 0 Å². The van der Waals surface area contributed by atoms with Gasteiger partial charge in [0.1, 0.15) is 23.8 Å². The van der Waals surface area contributed by atoms with Crippen LogP contribution in [0.5, 0.6) is 0 Å². The van der Waals surface area contributed by atoms with Gasteiger partial charge in [-0.25, -0.2) is 19.9 Å². The fourth-order valence-electron chi connectivity index (χ4n) is 3.67. The van der Waals surface area contributed by atoms with Gasteiger partial charge in [0.25, 0.3) is 5.56 Å². The van der Waals surface area contributed by atoms with Gasteiger partial charge >= 0.3 is 0 Å². The van der Waals surface area contributed by atoms with Crippen molar-refractivity contribution < 1.29 is 0 Å². The molecule has 1 aliphatic heterocycles. The molecule has 0 aliphatic carbocycles. The van der Waals surface area contributed by atoms with Crippen LogP contribution >= 0.6 is 0 Å². The molecule has 30 heavy (non-hydrogen) atoms. The molecule has 1 atom stereocenters. The van der Waals surface area contributed by atoms with E-state index in [9.17, 15) is 4.79 Å². The van der Waals surface area contributed by atoms with Crippen molar-refractivity contribution in [2.45, 2.75) is 46.1 Å². The van der Waals surface area contributed by atoms with Crippen LogP contribution in [0.3, 0.4) is 0 Å². The molecule has 8 nitrogen and oxygen atoms in total. The molecule has 1 fully saturated rings. The number of rotatable bonds is 5. The van der Waals surface area contributed by atoms with E-state index in [0.29, 0.717) is 11.4 Å². The number of aromatic nitrogens is 5. The monoisotopic (exact) mass is 405 g/mol. The Morgan fingerprint density at radius 2 is 2.10 bits per heavy atom. The number of anilines is 2. The number of aromatic amines is 1. The highest BCUT2D eigenvalue weighted by Crippen LogP contribution is 2.21. The lowest BCUT2D eigenvalue weighted by atomic mass is 10.1. The minimum absolute atomic E-state index is 0.113. The SMILES string of the molecule is CCc1cc(N2CCCC(Nc3ccc(-c4nc(C)c(C)c(=O)[nH]4)cn3)C2)ncn1. The van der Waals surface area contributed by atoms with E-state index < -0.39 is 0 Å². The number of nitrogens with zero attached hydrogens (tertiary/aromatic N) is 5. The van der Waals surface area contributed by atoms with Crippen LogP contribution in [0.15, 0.2) is 35.5 Å². The molecular weight excluding hydrogens is 378 g/mol. The topological polar surface area (TPSA) is 99.7 Å². The van der Waals surface area contributed by atoms with Gasteiger partial charge in [-0.05, 0) is 45.2 Å². The third-order valence-electron chi connectivity index (χ3n) is 5.60. The zero-order chi connectivity index (χ0) is 21.1. The summed E-state index contributed by atoms with van der Waals surface area (Å²) in [6.45, 7) is 7.58.